The largest absolute Gasteiger partial charge is 0.328 e. The van der Waals surface area contributed by atoms with Crippen molar-refractivity contribution >= 4 is 44.1 Å². The number of amides is 4. The Hall–Kier alpha value is -3.00. The van der Waals surface area contributed by atoms with Crippen molar-refractivity contribution in [2.75, 3.05) is 5.01 Å². The van der Waals surface area contributed by atoms with Gasteiger partial charge in [-0.1, -0.05) is 48.5 Å². The summed E-state index contributed by atoms with van der Waals surface area (Å²) in [7, 11) is 0. The van der Waals surface area contributed by atoms with Crippen LogP contribution in [0.3, 0.4) is 0 Å². The number of hydrazone groups is 1. The van der Waals surface area contributed by atoms with Gasteiger partial charge in [-0.3, -0.25) is 20.2 Å². The maximum absolute atomic E-state index is 13.0. The smallest absolute Gasteiger partial charge is 0.275 e. The van der Waals surface area contributed by atoms with Crippen LogP contribution in [0.2, 0.25) is 0 Å². The molecular formula is C18H13BrN4O3. The van der Waals surface area contributed by atoms with Gasteiger partial charge in [0.05, 0.1) is 11.6 Å². The molecule has 2 N–H and O–H groups in total. The van der Waals surface area contributed by atoms with Gasteiger partial charge in [-0.2, -0.15) is 5.10 Å². The van der Waals surface area contributed by atoms with E-state index in [9.17, 15) is 14.4 Å². The van der Waals surface area contributed by atoms with Crippen LogP contribution in [0.25, 0.3) is 0 Å². The lowest BCUT2D eigenvalue weighted by Crippen LogP contribution is -2.73. The molecule has 0 bridgehead atoms. The van der Waals surface area contributed by atoms with Crippen LogP contribution in [-0.2, 0) is 9.59 Å². The SMILES string of the molecule is O=C1NC(=O)C2(C(=O)N1)C(c1ccccc1)C(Br)=NN2c1ccccc1. The third-order valence-electron chi connectivity index (χ3n) is 4.47. The fraction of sp³-hybridized carbons (Fsp3) is 0.111. The van der Waals surface area contributed by atoms with Crippen molar-refractivity contribution in [3.05, 3.63) is 66.2 Å². The van der Waals surface area contributed by atoms with Gasteiger partial charge < -0.3 is 0 Å². The summed E-state index contributed by atoms with van der Waals surface area (Å²) in [6.07, 6.45) is 0. The molecule has 1 unspecified atom stereocenters. The molecule has 0 saturated carbocycles. The number of anilines is 1. The highest BCUT2D eigenvalue weighted by Crippen LogP contribution is 2.45. The molecule has 7 nitrogen and oxygen atoms in total. The Morgan fingerprint density at radius 2 is 1.42 bits per heavy atom. The molecule has 0 aromatic heterocycles. The number of benzene rings is 2. The molecule has 1 atom stereocenters. The maximum atomic E-state index is 13.0. The topological polar surface area (TPSA) is 90.9 Å². The van der Waals surface area contributed by atoms with E-state index >= 15 is 0 Å². The molecule has 130 valence electrons. The van der Waals surface area contributed by atoms with Crippen LogP contribution < -0.4 is 15.6 Å². The van der Waals surface area contributed by atoms with Gasteiger partial charge in [-0.25, -0.2) is 9.80 Å². The lowest BCUT2D eigenvalue weighted by molar-refractivity contribution is -0.138. The first-order chi connectivity index (χ1) is 12.5. The van der Waals surface area contributed by atoms with E-state index in [1.807, 2.05) is 36.4 Å². The molecule has 4 rings (SSSR count). The third-order valence-corrected chi connectivity index (χ3v) is 5.08. The van der Waals surface area contributed by atoms with Crippen molar-refractivity contribution in [2.24, 2.45) is 5.10 Å². The summed E-state index contributed by atoms with van der Waals surface area (Å²) in [5, 5.41) is 10.3. The summed E-state index contributed by atoms with van der Waals surface area (Å²) in [5.41, 5.74) is -0.473. The van der Waals surface area contributed by atoms with Crippen LogP contribution in [0.1, 0.15) is 11.5 Å². The van der Waals surface area contributed by atoms with Crippen LogP contribution in [0.4, 0.5) is 10.5 Å². The fourth-order valence-electron chi connectivity index (χ4n) is 3.37. The maximum Gasteiger partial charge on any atom is 0.328 e. The van der Waals surface area contributed by atoms with Gasteiger partial charge in [0.2, 0.25) is 5.54 Å². The highest BCUT2D eigenvalue weighted by Gasteiger charge is 2.65. The van der Waals surface area contributed by atoms with Crippen LogP contribution in [0, 0.1) is 0 Å². The molecule has 1 fully saturated rings. The van der Waals surface area contributed by atoms with E-state index in [0.29, 0.717) is 10.3 Å². The molecule has 0 aliphatic carbocycles. The van der Waals surface area contributed by atoms with Crippen LogP contribution in [0.5, 0.6) is 0 Å². The van der Waals surface area contributed by atoms with Gasteiger partial charge in [0, 0.05) is 0 Å². The minimum Gasteiger partial charge on any atom is -0.275 e. The second-order valence-electron chi connectivity index (χ2n) is 5.92. The Labute approximate surface area is 157 Å². The molecule has 2 aliphatic heterocycles. The number of urea groups is 1. The van der Waals surface area contributed by atoms with E-state index in [2.05, 4.69) is 31.7 Å². The average Bonchev–Trinajstić information content (AvgIpc) is 2.95. The molecule has 0 radical (unpaired) electrons. The lowest BCUT2D eigenvalue weighted by Gasteiger charge is -2.40. The Balaban J connectivity index is 1.95. The van der Waals surface area contributed by atoms with Crippen molar-refractivity contribution in [2.45, 2.75) is 11.5 Å². The molecule has 26 heavy (non-hydrogen) atoms. The summed E-state index contributed by atoms with van der Waals surface area (Å²) in [4.78, 5) is 37.7. The predicted molar refractivity (Wildman–Crippen MR) is 98.9 cm³/mol. The minimum atomic E-state index is -1.75. The quantitative estimate of drug-likeness (QED) is 0.738. The second kappa shape index (κ2) is 6.06. The fourth-order valence-corrected chi connectivity index (χ4v) is 4.12. The highest BCUT2D eigenvalue weighted by molar-refractivity contribution is 9.18. The van der Waals surface area contributed by atoms with E-state index < -0.39 is 29.3 Å². The van der Waals surface area contributed by atoms with Crippen molar-refractivity contribution < 1.29 is 14.4 Å². The third kappa shape index (κ3) is 2.26. The first-order valence-corrected chi connectivity index (χ1v) is 8.65. The number of hydrogen-bond donors (Lipinski definition) is 2. The Morgan fingerprint density at radius 1 is 0.885 bits per heavy atom. The number of para-hydroxylation sites is 1. The van der Waals surface area contributed by atoms with Gasteiger partial charge in [0.15, 0.2) is 0 Å². The van der Waals surface area contributed by atoms with Gasteiger partial charge in [0.1, 0.15) is 4.62 Å². The zero-order valence-corrected chi connectivity index (χ0v) is 14.9. The zero-order chi connectivity index (χ0) is 18.3. The van der Waals surface area contributed by atoms with E-state index in [0.717, 1.165) is 5.56 Å². The normalized spacial score (nSPS) is 21.4. The summed E-state index contributed by atoms with van der Waals surface area (Å²) < 4.78 is 0.423. The second-order valence-corrected chi connectivity index (χ2v) is 6.73. The molecule has 2 aliphatic rings. The standard InChI is InChI=1S/C18H13BrN4O3/c19-14-13(11-7-3-1-4-8-11)18(15(24)20-17(26)21-16(18)25)23(22-14)12-9-5-2-6-10-12/h1-10,13H,(H2,20,21,24,25,26). The number of carbonyl (C=O) groups is 3. The van der Waals surface area contributed by atoms with Crippen molar-refractivity contribution in [3.63, 3.8) is 0 Å². The number of rotatable bonds is 2. The van der Waals surface area contributed by atoms with Gasteiger partial charge in [-0.15, -0.1) is 0 Å². The number of imide groups is 2. The average molecular weight is 413 g/mol. The molecule has 8 heteroatoms. The molecule has 2 aromatic carbocycles. The minimum absolute atomic E-state index is 0.423. The molecular weight excluding hydrogens is 400 g/mol. The molecule has 1 spiro atoms. The van der Waals surface area contributed by atoms with E-state index in [1.54, 1.807) is 24.3 Å². The molecule has 4 amide bonds. The van der Waals surface area contributed by atoms with Crippen molar-refractivity contribution in [3.8, 4) is 0 Å². The number of nitrogens with zero attached hydrogens (tertiary/aromatic N) is 2. The number of nitrogens with one attached hydrogen (secondary N) is 2. The predicted octanol–water partition coefficient (Wildman–Crippen LogP) is 2.10. The van der Waals surface area contributed by atoms with Crippen LogP contribution in [0.15, 0.2) is 65.8 Å². The highest BCUT2D eigenvalue weighted by atomic mass is 79.9. The van der Waals surface area contributed by atoms with Gasteiger partial charge >= 0.3 is 6.03 Å². The monoisotopic (exact) mass is 412 g/mol. The Morgan fingerprint density at radius 3 is 2.00 bits per heavy atom. The van der Waals surface area contributed by atoms with Gasteiger partial charge in [-0.05, 0) is 33.6 Å². The summed E-state index contributed by atoms with van der Waals surface area (Å²) in [6, 6.07) is 17.2. The van der Waals surface area contributed by atoms with E-state index in [4.69, 9.17) is 0 Å². The first-order valence-electron chi connectivity index (χ1n) is 7.86. The lowest BCUT2D eigenvalue weighted by atomic mass is 9.77. The van der Waals surface area contributed by atoms with Crippen molar-refractivity contribution in [1.29, 1.82) is 0 Å². The van der Waals surface area contributed by atoms with Crippen LogP contribution >= 0.6 is 15.9 Å². The first kappa shape index (κ1) is 16.5. The Bertz CT molecular complexity index is 910. The summed E-state index contributed by atoms with van der Waals surface area (Å²) in [5.74, 6) is -2.15. The number of halogens is 1. The van der Waals surface area contributed by atoms with E-state index in [1.165, 1.54) is 5.01 Å². The van der Waals surface area contributed by atoms with E-state index in [-0.39, 0.29) is 0 Å². The number of barbiturate groups is 1. The molecule has 1 saturated heterocycles. The zero-order valence-electron chi connectivity index (χ0n) is 13.3. The molecule has 2 aromatic rings. The summed E-state index contributed by atoms with van der Waals surface area (Å²) in [6.45, 7) is 0. The van der Waals surface area contributed by atoms with Crippen molar-refractivity contribution in [1.82, 2.24) is 10.6 Å². The number of carbonyl (C=O) groups excluding carboxylic acids is 3. The Kier molecular flexibility index (Phi) is 3.84. The number of hydrogen-bond acceptors (Lipinski definition) is 5. The molecule has 2 heterocycles. The van der Waals surface area contributed by atoms with Crippen LogP contribution in [-0.4, -0.2) is 28.0 Å². The summed E-state index contributed by atoms with van der Waals surface area (Å²) >= 11 is 3.42. The van der Waals surface area contributed by atoms with Gasteiger partial charge in [0.25, 0.3) is 11.8 Å².